The third-order valence-electron chi connectivity index (χ3n) is 6.99. The predicted molar refractivity (Wildman–Crippen MR) is 157 cm³/mol. The monoisotopic (exact) mass is 571 g/mol. The zero-order valence-electron chi connectivity index (χ0n) is 21.8. The number of rotatable bonds is 8. The molecule has 3 heterocycles. The first-order valence-electron chi connectivity index (χ1n) is 12.9. The predicted octanol–water partition coefficient (Wildman–Crippen LogP) is 6.13. The minimum absolute atomic E-state index is 0.00644. The summed E-state index contributed by atoms with van der Waals surface area (Å²) in [5.74, 6) is -0.766. The van der Waals surface area contributed by atoms with Crippen molar-refractivity contribution in [1.82, 2.24) is 14.5 Å². The Kier molecular flexibility index (Phi) is 7.51. The lowest BCUT2D eigenvalue weighted by Crippen LogP contribution is -2.30. The van der Waals surface area contributed by atoms with Crippen LogP contribution >= 0.6 is 23.1 Å². The van der Waals surface area contributed by atoms with E-state index >= 15 is 0 Å². The summed E-state index contributed by atoms with van der Waals surface area (Å²) in [5.41, 5.74) is 3.14. The molecular formula is C31H26FN3O3S2. The highest BCUT2D eigenvalue weighted by molar-refractivity contribution is 7.99. The molecule has 0 spiro atoms. The lowest BCUT2D eigenvalue weighted by atomic mass is 10.0. The number of hydrogen-bond donors (Lipinski definition) is 0. The highest BCUT2D eigenvalue weighted by atomic mass is 32.2. The number of ketones is 1. The van der Waals surface area contributed by atoms with E-state index in [9.17, 15) is 14.0 Å². The molecular weight excluding hydrogens is 545 g/mol. The Labute approximate surface area is 239 Å². The van der Waals surface area contributed by atoms with Gasteiger partial charge >= 0.3 is 0 Å². The summed E-state index contributed by atoms with van der Waals surface area (Å²) < 4.78 is 20.8. The van der Waals surface area contributed by atoms with Gasteiger partial charge in [-0.25, -0.2) is 9.37 Å². The summed E-state index contributed by atoms with van der Waals surface area (Å²) in [6.45, 7) is 2.48. The normalized spacial score (nSPS) is 13.3. The first kappa shape index (κ1) is 26.4. The molecule has 1 aliphatic rings. The van der Waals surface area contributed by atoms with Gasteiger partial charge in [0.25, 0.3) is 5.56 Å². The molecule has 0 bridgehead atoms. The van der Waals surface area contributed by atoms with Crippen molar-refractivity contribution in [3.8, 4) is 11.4 Å². The summed E-state index contributed by atoms with van der Waals surface area (Å²) in [5, 5.41) is 1.10. The molecule has 40 heavy (non-hydrogen) atoms. The summed E-state index contributed by atoms with van der Waals surface area (Å²) in [7, 11) is 1.38. The average Bonchev–Trinajstić information content (AvgIpc) is 3.34. The average molecular weight is 572 g/mol. The number of ether oxygens (including phenoxy) is 1. The molecule has 6 rings (SSSR count). The third-order valence-corrected chi connectivity index (χ3v) is 9.04. The van der Waals surface area contributed by atoms with Gasteiger partial charge in [0, 0.05) is 30.1 Å². The van der Waals surface area contributed by atoms with Gasteiger partial charge in [0.15, 0.2) is 22.5 Å². The van der Waals surface area contributed by atoms with Gasteiger partial charge in [0.1, 0.15) is 4.83 Å². The number of halogens is 1. The van der Waals surface area contributed by atoms with E-state index in [-0.39, 0.29) is 28.4 Å². The van der Waals surface area contributed by atoms with Crippen molar-refractivity contribution in [2.75, 3.05) is 19.4 Å². The number of carbonyl (C=O) groups is 1. The molecule has 6 nitrogen and oxygen atoms in total. The minimum Gasteiger partial charge on any atom is -0.494 e. The number of aromatic nitrogens is 2. The first-order chi connectivity index (χ1) is 19.5. The largest absolute Gasteiger partial charge is 0.494 e. The smallest absolute Gasteiger partial charge is 0.267 e. The SMILES string of the molecule is COc1ccc(C(=O)CSc2nc3sc4c(c3c(=O)n2-c2ccccc2)CCN(Cc2ccccc2)C4)cc1F. The van der Waals surface area contributed by atoms with Crippen LogP contribution in [-0.2, 0) is 19.5 Å². The van der Waals surface area contributed by atoms with Crippen molar-refractivity contribution < 1.29 is 13.9 Å². The second-order valence-corrected chi connectivity index (χ2v) is 11.6. The highest BCUT2D eigenvalue weighted by Gasteiger charge is 2.26. The van der Waals surface area contributed by atoms with E-state index in [2.05, 4.69) is 29.2 Å². The molecule has 0 saturated carbocycles. The van der Waals surface area contributed by atoms with Crippen LogP contribution in [0.2, 0.25) is 0 Å². The molecule has 0 unspecified atom stereocenters. The van der Waals surface area contributed by atoms with Crippen molar-refractivity contribution in [3.63, 3.8) is 0 Å². The number of carbonyl (C=O) groups excluding carboxylic acids is 1. The fourth-order valence-electron chi connectivity index (χ4n) is 5.01. The molecule has 0 fully saturated rings. The van der Waals surface area contributed by atoms with Crippen LogP contribution in [-0.4, -0.2) is 39.6 Å². The summed E-state index contributed by atoms with van der Waals surface area (Å²) in [6.07, 6.45) is 0.780. The van der Waals surface area contributed by atoms with Crippen LogP contribution in [0.4, 0.5) is 4.39 Å². The van der Waals surface area contributed by atoms with Gasteiger partial charge in [-0.15, -0.1) is 11.3 Å². The maximum Gasteiger partial charge on any atom is 0.267 e. The van der Waals surface area contributed by atoms with E-state index < -0.39 is 5.82 Å². The first-order valence-corrected chi connectivity index (χ1v) is 14.7. The number of para-hydroxylation sites is 1. The van der Waals surface area contributed by atoms with Crippen LogP contribution in [0.5, 0.6) is 5.75 Å². The molecule has 5 aromatic rings. The van der Waals surface area contributed by atoms with Crippen molar-refractivity contribution in [2.24, 2.45) is 0 Å². The van der Waals surface area contributed by atoms with E-state index in [0.29, 0.717) is 21.1 Å². The van der Waals surface area contributed by atoms with Crippen molar-refractivity contribution in [1.29, 1.82) is 0 Å². The summed E-state index contributed by atoms with van der Waals surface area (Å²) in [4.78, 5) is 36.2. The van der Waals surface area contributed by atoms with E-state index in [4.69, 9.17) is 9.72 Å². The van der Waals surface area contributed by atoms with Gasteiger partial charge in [-0.3, -0.25) is 19.1 Å². The quantitative estimate of drug-likeness (QED) is 0.127. The maximum atomic E-state index is 14.2. The second kappa shape index (κ2) is 11.4. The topological polar surface area (TPSA) is 64.4 Å². The second-order valence-electron chi connectivity index (χ2n) is 9.56. The standard InChI is InChI=1S/C31H26FN3O3S2/c1-38-26-13-12-21(16-24(26)32)25(36)19-39-31-33-29-28(30(37)35(31)22-10-6-3-7-11-22)23-14-15-34(18-27(23)40-29)17-20-8-4-2-5-9-20/h2-13,16H,14-15,17-19H2,1H3. The molecule has 9 heteroatoms. The number of nitrogens with zero attached hydrogens (tertiary/aromatic N) is 3. The lowest BCUT2D eigenvalue weighted by Gasteiger charge is -2.26. The fraction of sp³-hybridized carbons (Fsp3) is 0.194. The van der Waals surface area contributed by atoms with Crippen LogP contribution in [0.1, 0.15) is 26.4 Å². The molecule has 3 aromatic carbocycles. The fourth-order valence-corrected chi connectivity index (χ4v) is 7.22. The van der Waals surface area contributed by atoms with Crippen LogP contribution in [0, 0.1) is 5.82 Å². The molecule has 0 saturated heterocycles. The minimum atomic E-state index is -0.593. The van der Waals surface area contributed by atoms with Crippen LogP contribution in [0.15, 0.2) is 88.8 Å². The molecule has 202 valence electrons. The van der Waals surface area contributed by atoms with Gasteiger partial charge < -0.3 is 4.74 Å². The Bertz CT molecular complexity index is 1750. The summed E-state index contributed by atoms with van der Waals surface area (Å²) >= 11 is 2.74. The zero-order chi connectivity index (χ0) is 27.6. The van der Waals surface area contributed by atoms with Crippen LogP contribution in [0.3, 0.4) is 0 Å². The number of Topliss-reactive ketones (excluding diaryl/α,β-unsaturated/α-hetero) is 1. The van der Waals surface area contributed by atoms with Gasteiger partial charge in [0.2, 0.25) is 0 Å². The van der Waals surface area contributed by atoms with Gasteiger partial charge in [0.05, 0.1) is 23.9 Å². The van der Waals surface area contributed by atoms with Crippen molar-refractivity contribution in [3.05, 3.63) is 117 Å². The third kappa shape index (κ3) is 5.20. The number of methoxy groups -OCH3 is 1. The van der Waals surface area contributed by atoms with Crippen molar-refractivity contribution in [2.45, 2.75) is 24.7 Å². The van der Waals surface area contributed by atoms with Crippen LogP contribution in [0.25, 0.3) is 15.9 Å². The van der Waals surface area contributed by atoms with Gasteiger partial charge in [-0.2, -0.15) is 0 Å². The Morgan fingerprint density at radius 2 is 1.82 bits per heavy atom. The Morgan fingerprint density at radius 3 is 2.55 bits per heavy atom. The van der Waals surface area contributed by atoms with Gasteiger partial charge in [-0.1, -0.05) is 60.3 Å². The molecule has 0 aliphatic carbocycles. The van der Waals surface area contributed by atoms with E-state index in [1.54, 1.807) is 22.0 Å². The molecule has 0 amide bonds. The highest BCUT2D eigenvalue weighted by Crippen LogP contribution is 2.35. The number of benzene rings is 3. The van der Waals surface area contributed by atoms with Gasteiger partial charge in [-0.05, 0) is 47.9 Å². The summed E-state index contributed by atoms with van der Waals surface area (Å²) in [6, 6.07) is 23.9. The van der Waals surface area contributed by atoms with E-state index in [1.165, 1.54) is 36.6 Å². The molecule has 1 aliphatic heterocycles. The Morgan fingerprint density at radius 1 is 1.07 bits per heavy atom. The Balaban J connectivity index is 1.34. The van der Waals surface area contributed by atoms with E-state index in [1.807, 2.05) is 36.4 Å². The van der Waals surface area contributed by atoms with Crippen molar-refractivity contribution >= 4 is 39.1 Å². The number of fused-ring (bicyclic) bond motifs is 3. The molecule has 0 radical (unpaired) electrons. The number of thiophene rings is 1. The molecule has 0 N–H and O–H groups in total. The van der Waals surface area contributed by atoms with Crippen LogP contribution < -0.4 is 10.3 Å². The number of hydrogen-bond acceptors (Lipinski definition) is 7. The zero-order valence-corrected chi connectivity index (χ0v) is 23.4. The maximum absolute atomic E-state index is 14.2. The molecule has 0 atom stereocenters. The number of thioether (sulfide) groups is 1. The lowest BCUT2D eigenvalue weighted by molar-refractivity contribution is 0.102. The van der Waals surface area contributed by atoms with E-state index in [0.717, 1.165) is 36.5 Å². The Hall–Kier alpha value is -3.79. The molecule has 2 aromatic heterocycles.